The van der Waals surface area contributed by atoms with Crippen LogP contribution in [0.25, 0.3) is 0 Å². The average Bonchev–Trinajstić information content (AvgIpc) is 2.19. The number of piperazine rings is 1. The van der Waals surface area contributed by atoms with E-state index in [1.807, 2.05) is 6.92 Å². The summed E-state index contributed by atoms with van der Waals surface area (Å²) in [6.07, 6.45) is -0.858. The van der Waals surface area contributed by atoms with E-state index in [0.29, 0.717) is 0 Å². The lowest BCUT2D eigenvalue weighted by molar-refractivity contribution is -0.160. The Bertz CT molecular complexity index is 201. The van der Waals surface area contributed by atoms with Gasteiger partial charge in [-0.15, -0.1) is 24.8 Å². The molecule has 7 heteroatoms. The fraction of sp³-hybridized carbons (Fsp3) is 0.889. The van der Waals surface area contributed by atoms with Crippen LogP contribution in [-0.4, -0.2) is 54.5 Å². The number of hydrogen-bond acceptors (Lipinski definition) is 4. The Hall–Kier alpha value is -0.0700. The minimum absolute atomic E-state index is 0. The highest BCUT2D eigenvalue weighted by Crippen LogP contribution is 2.05. The third kappa shape index (κ3) is 5.86. The molecule has 0 aromatic carbocycles. The Morgan fingerprint density at radius 3 is 2.25 bits per heavy atom. The molecule has 0 aromatic heterocycles. The van der Waals surface area contributed by atoms with E-state index >= 15 is 0 Å². The van der Waals surface area contributed by atoms with Crippen molar-refractivity contribution in [3.63, 3.8) is 0 Å². The zero-order valence-electron chi connectivity index (χ0n) is 9.51. The molecule has 1 rings (SSSR count). The van der Waals surface area contributed by atoms with E-state index in [9.17, 15) is 4.79 Å². The summed E-state index contributed by atoms with van der Waals surface area (Å²) in [4.78, 5) is 12.7. The van der Waals surface area contributed by atoms with Gasteiger partial charge in [0.05, 0.1) is 0 Å². The van der Waals surface area contributed by atoms with Crippen molar-refractivity contribution in [3.8, 4) is 0 Å². The first-order valence-electron chi connectivity index (χ1n) is 4.94. The van der Waals surface area contributed by atoms with Gasteiger partial charge in [0.25, 0.3) is 0 Å². The van der Waals surface area contributed by atoms with Gasteiger partial charge in [0.2, 0.25) is 0 Å². The Morgan fingerprint density at radius 2 is 1.81 bits per heavy atom. The van der Waals surface area contributed by atoms with Crippen molar-refractivity contribution in [3.05, 3.63) is 0 Å². The maximum absolute atomic E-state index is 10.6. The van der Waals surface area contributed by atoms with Gasteiger partial charge in [-0.05, 0) is 13.8 Å². The second kappa shape index (κ2) is 9.01. The Labute approximate surface area is 108 Å². The maximum atomic E-state index is 10.6. The van der Waals surface area contributed by atoms with Crippen molar-refractivity contribution in [1.82, 2.24) is 10.2 Å². The van der Waals surface area contributed by atoms with Gasteiger partial charge in [-0.1, -0.05) is 0 Å². The molecule has 2 atom stereocenters. The molecule has 2 N–H and O–H groups in total. The van der Waals surface area contributed by atoms with E-state index in [2.05, 4.69) is 10.2 Å². The van der Waals surface area contributed by atoms with Crippen molar-refractivity contribution in [2.24, 2.45) is 0 Å². The molecule has 0 bridgehead atoms. The van der Waals surface area contributed by atoms with Crippen LogP contribution in [0.3, 0.4) is 0 Å². The minimum atomic E-state index is -0.910. The van der Waals surface area contributed by atoms with Crippen LogP contribution in [0.2, 0.25) is 0 Å². The Balaban J connectivity index is 0. The van der Waals surface area contributed by atoms with Crippen molar-refractivity contribution in [2.75, 3.05) is 26.2 Å². The summed E-state index contributed by atoms with van der Waals surface area (Å²) in [5.41, 5.74) is 0. The molecule has 2 unspecified atom stereocenters. The predicted octanol–water partition coefficient (Wildman–Crippen LogP) is 0.571. The average molecular weight is 275 g/mol. The van der Waals surface area contributed by atoms with Crippen LogP contribution in [0.5, 0.6) is 0 Å². The second-order valence-electron chi connectivity index (χ2n) is 3.50. The molecular weight excluding hydrogens is 255 g/mol. The van der Waals surface area contributed by atoms with Gasteiger partial charge in [0.1, 0.15) is 6.23 Å². The molecule has 0 aromatic rings. The predicted molar refractivity (Wildman–Crippen MR) is 66.6 cm³/mol. The third-order valence-corrected chi connectivity index (χ3v) is 2.41. The number of carboxylic acid groups (broad SMARTS) is 1. The number of nitrogens with zero attached hydrogens (tertiary/aromatic N) is 1. The minimum Gasteiger partial charge on any atom is -0.479 e. The van der Waals surface area contributed by atoms with Gasteiger partial charge < -0.3 is 15.2 Å². The summed E-state index contributed by atoms with van der Waals surface area (Å²) in [6, 6.07) is 0. The highest BCUT2D eigenvalue weighted by atomic mass is 35.5. The first-order chi connectivity index (χ1) is 6.61. The van der Waals surface area contributed by atoms with Crippen molar-refractivity contribution >= 4 is 30.8 Å². The van der Waals surface area contributed by atoms with Crippen LogP contribution < -0.4 is 5.32 Å². The molecule has 1 aliphatic heterocycles. The second-order valence-corrected chi connectivity index (χ2v) is 3.50. The molecule has 5 nitrogen and oxygen atoms in total. The molecule has 98 valence electrons. The van der Waals surface area contributed by atoms with E-state index in [1.54, 1.807) is 6.92 Å². The molecule has 1 aliphatic rings. The highest BCUT2D eigenvalue weighted by Gasteiger charge is 2.21. The summed E-state index contributed by atoms with van der Waals surface area (Å²) < 4.78 is 5.35. The fourth-order valence-electron chi connectivity index (χ4n) is 1.49. The summed E-state index contributed by atoms with van der Waals surface area (Å²) >= 11 is 0. The van der Waals surface area contributed by atoms with E-state index < -0.39 is 12.1 Å². The standard InChI is InChI=1S/C9H18N2O3.2ClH/c1-7(9(12)13)14-8(2)11-5-3-10-4-6-11;;/h7-8,10H,3-6H2,1-2H3,(H,12,13);2*1H. The van der Waals surface area contributed by atoms with Crippen molar-refractivity contribution in [2.45, 2.75) is 26.2 Å². The van der Waals surface area contributed by atoms with Gasteiger partial charge in [-0.25, -0.2) is 4.79 Å². The molecule has 0 amide bonds. The number of carboxylic acids is 1. The quantitative estimate of drug-likeness (QED) is 0.785. The van der Waals surface area contributed by atoms with E-state index in [0.717, 1.165) is 26.2 Å². The summed E-state index contributed by atoms with van der Waals surface area (Å²) in [5.74, 6) is -0.910. The number of rotatable bonds is 4. The molecule has 0 aliphatic carbocycles. The number of nitrogens with one attached hydrogen (secondary N) is 1. The van der Waals surface area contributed by atoms with E-state index in [4.69, 9.17) is 9.84 Å². The van der Waals surface area contributed by atoms with Gasteiger partial charge >= 0.3 is 5.97 Å². The zero-order valence-corrected chi connectivity index (χ0v) is 11.1. The van der Waals surface area contributed by atoms with E-state index in [-0.39, 0.29) is 31.0 Å². The molecule has 0 radical (unpaired) electrons. The molecule has 16 heavy (non-hydrogen) atoms. The molecule has 1 fully saturated rings. The van der Waals surface area contributed by atoms with Crippen LogP contribution in [0.4, 0.5) is 0 Å². The van der Waals surface area contributed by atoms with Crippen molar-refractivity contribution in [1.29, 1.82) is 0 Å². The van der Waals surface area contributed by atoms with Gasteiger partial charge in [-0.3, -0.25) is 4.90 Å². The largest absolute Gasteiger partial charge is 0.479 e. The zero-order chi connectivity index (χ0) is 10.6. The van der Waals surface area contributed by atoms with Gasteiger partial charge in [-0.2, -0.15) is 0 Å². The number of carbonyl (C=O) groups is 1. The molecule has 1 heterocycles. The molecule has 0 spiro atoms. The number of aliphatic carboxylic acids is 1. The third-order valence-electron chi connectivity index (χ3n) is 2.41. The van der Waals surface area contributed by atoms with Crippen LogP contribution in [0.1, 0.15) is 13.8 Å². The highest BCUT2D eigenvalue weighted by molar-refractivity contribution is 5.85. The molecular formula is C9H20Cl2N2O3. The summed E-state index contributed by atoms with van der Waals surface area (Å²) in [5, 5.41) is 11.9. The van der Waals surface area contributed by atoms with Crippen molar-refractivity contribution < 1.29 is 14.6 Å². The lowest BCUT2D eigenvalue weighted by atomic mass is 10.3. The summed E-state index contributed by atoms with van der Waals surface area (Å²) in [7, 11) is 0. The number of halogens is 2. The van der Waals surface area contributed by atoms with Gasteiger partial charge in [0.15, 0.2) is 6.10 Å². The maximum Gasteiger partial charge on any atom is 0.332 e. The van der Waals surface area contributed by atoms with E-state index in [1.165, 1.54) is 0 Å². The summed E-state index contributed by atoms with van der Waals surface area (Å²) in [6.45, 7) is 7.15. The van der Waals surface area contributed by atoms with Crippen LogP contribution in [0, 0.1) is 0 Å². The Morgan fingerprint density at radius 1 is 1.31 bits per heavy atom. The monoisotopic (exact) mass is 274 g/mol. The van der Waals surface area contributed by atoms with Crippen LogP contribution in [0.15, 0.2) is 0 Å². The lowest BCUT2D eigenvalue weighted by Gasteiger charge is -2.33. The first kappa shape index (κ1) is 18.3. The fourth-order valence-corrected chi connectivity index (χ4v) is 1.49. The van der Waals surface area contributed by atoms with Gasteiger partial charge in [0, 0.05) is 26.2 Å². The normalized spacial score (nSPS) is 20.1. The molecule has 1 saturated heterocycles. The van der Waals surface area contributed by atoms with Crippen LogP contribution in [-0.2, 0) is 9.53 Å². The van der Waals surface area contributed by atoms with Crippen LogP contribution >= 0.6 is 24.8 Å². The first-order valence-corrected chi connectivity index (χ1v) is 4.94. The lowest BCUT2D eigenvalue weighted by Crippen LogP contribution is -2.49. The molecule has 0 saturated carbocycles. The smallest absolute Gasteiger partial charge is 0.332 e. The number of ether oxygens (including phenoxy) is 1. The SMILES string of the molecule is CC(OC(C)N1CCNCC1)C(=O)O.Cl.Cl. The topological polar surface area (TPSA) is 61.8 Å². The number of hydrogen-bond donors (Lipinski definition) is 2. The Kier molecular flexibility index (Phi) is 10.3.